The van der Waals surface area contributed by atoms with Crippen LogP contribution in [0.3, 0.4) is 0 Å². The van der Waals surface area contributed by atoms with Gasteiger partial charge in [0.05, 0.1) is 0 Å². The Balaban J connectivity index is 1.96. The first-order chi connectivity index (χ1) is 11.8. The third kappa shape index (κ3) is 4.59. The SMILES string of the molecule is Cc1ccc(C)c(C(=O)NNC(=O)[C@H](C)Oc2cccc(C)c2C)c1. The van der Waals surface area contributed by atoms with Crippen LogP contribution in [0.15, 0.2) is 36.4 Å². The monoisotopic (exact) mass is 340 g/mol. The fourth-order valence-electron chi connectivity index (χ4n) is 2.36. The van der Waals surface area contributed by atoms with Crippen molar-refractivity contribution >= 4 is 11.8 Å². The van der Waals surface area contributed by atoms with Crippen LogP contribution in [0.2, 0.25) is 0 Å². The molecule has 0 aromatic heterocycles. The predicted molar refractivity (Wildman–Crippen MR) is 97.5 cm³/mol. The summed E-state index contributed by atoms with van der Waals surface area (Å²) in [7, 11) is 0. The Kier molecular flexibility index (Phi) is 5.80. The van der Waals surface area contributed by atoms with E-state index in [9.17, 15) is 9.59 Å². The van der Waals surface area contributed by atoms with Gasteiger partial charge in [0.15, 0.2) is 6.10 Å². The van der Waals surface area contributed by atoms with Gasteiger partial charge in [-0.05, 0) is 63.4 Å². The van der Waals surface area contributed by atoms with E-state index in [4.69, 9.17) is 4.74 Å². The van der Waals surface area contributed by atoms with Gasteiger partial charge in [-0.2, -0.15) is 0 Å². The molecule has 2 aromatic rings. The molecule has 132 valence electrons. The van der Waals surface area contributed by atoms with Gasteiger partial charge in [0.1, 0.15) is 5.75 Å². The third-order valence-corrected chi connectivity index (χ3v) is 4.16. The zero-order chi connectivity index (χ0) is 18.6. The van der Waals surface area contributed by atoms with E-state index in [-0.39, 0.29) is 5.91 Å². The Hall–Kier alpha value is -2.82. The molecule has 2 N–H and O–H groups in total. The van der Waals surface area contributed by atoms with E-state index in [0.717, 1.165) is 22.3 Å². The molecule has 0 unspecified atom stereocenters. The molecule has 0 fully saturated rings. The molecule has 5 nitrogen and oxygen atoms in total. The van der Waals surface area contributed by atoms with Crippen molar-refractivity contribution in [2.24, 2.45) is 0 Å². The molecule has 0 aliphatic heterocycles. The standard InChI is InChI=1S/C20H24N2O3/c1-12-9-10-14(3)17(11-12)20(24)22-21-19(23)16(5)25-18-8-6-7-13(2)15(18)4/h6-11,16H,1-5H3,(H,21,23)(H,22,24)/t16-/m0/s1. The fourth-order valence-corrected chi connectivity index (χ4v) is 2.36. The number of hydrogen-bond donors (Lipinski definition) is 2. The van der Waals surface area contributed by atoms with E-state index in [0.29, 0.717) is 11.3 Å². The van der Waals surface area contributed by atoms with Gasteiger partial charge in [0.2, 0.25) is 0 Å². The van der Waals surface area contributed by atoms with Crippen LogP contribution >= 0.6 is 0 Å². The molecule has 0 saturated heterocycles. The Labute approximate surface area is 148 Å². The Morgan fingerprint density at radius 3 is 2.40 bits per heavy atom. The third-order valence-electron chi connectivity index (χ3n) is 4.16. The van der Waals surface area contributed by atoms with Crippen LogP contribution in [-0.2, 0) is 4.79 Å². The second-order valence-electron chi connectivity index (χ2n) is 6.22. The number of benzene rings is 2. The lowest BCUT2D eigenvalue weighted by Crippen LogP contribution is -2.47. The van der Waals surface area contributed by atoms with Crippen molar-refractivity contribution in [2.45, 2.75) is 40.7 Å². The minimum absolute atomic E-state index is 0.353. The van der Waals surface area contributed by atoms with Crippen molar-refractivity contribution in [2.75, 3.05) is 0 Å². The quantitative estimate of drug-likeness (QED) is 0.840. The summed E-state index contributed by atoms with van der Waals surface area (Å²) in [6.07, 6.45) is -0.737. The highest BCUT2D eigenvalue weighted by Crippen LogP contribution is 2.21. The maximum absolute atomic E-state index is 12.2. The van der Waals surface area contributed by atoms with Gasteiger partial charge in [-0.1, -0.05) is 29.8 Å². The first-order valence-corrected chi connectivity index (χ1v) is 8.20. The number of ether oxygens (including phenoxy) is 1. The summed E-state index contributed by atoms with van der Waals surface area (Å²) in [5.74, 6) is -0.114. The summed E-state index contributed by atoms with van der Waals surface area (Å²) in [4.78, 5) is 24.4. The van der Waals surface area contributed by atoms with Crippen molar-refractivity contribution in [1.82, 2.24) is 10.9 Å². The molecular weight excluding hydrogens is 316 g/mol. The number of carbonyl (C=O) groups is 2. The maximum Gasteiger partial charge on any atom is 0.279 e. The number of amides is 2. The molecule has 0 aliphatic rings. The summed E-state index contributed by atoms with van der Waals surface area (Å²) in [6.45, 7) is 9.33. The van der Waals surface area contributed by atoms with Crippen LogP contribution in [0.4, 0.5) is 0 Å². The number of rotatable bonds is 4. The Morgan fingerprint density at radius 2 is 1.68 bits per heavy atom. The van der Waals surface area contributed by atoms with Gasteiger partial charge >= 0.3 is 0 Å². The first kappa shape index (κ1) is 18.5. The molecule has 1 atom stereocenters. The number of hydrazine groups is 1. The van der Waals surface area contributed by atoms with Crippen LogP contribution in [0, 0.1) is 27.7 Å². The maximum atomic E-state index is 12.2. The summed E-state index contributed by atoms with van der Waals surface area (Å²) in [6, 6.07) is 11.3. The molecule has 0 spiro atoms. The summed E-state index contributed by atoms with van der Waals surface area (Å²) < 4.78 is 5.71. The summed E-state index contributed by atoms with van der Waals surface area (Å²) >= 11 is 0. The summed E-state index contributed by atoms with van der Waals surface area (Å²) in [5.41, 5.74) is 9.29. The van der Waals surface area contributed by atoms with Gasteiger partial charge in [-0.15, -0.1) is 0 Å². The second kappa shape index (κ2) is 7.83. The van der Waals surface area contributed by atoms with Gasteiger partial charge in [-0.3, -0.25) is 20.4 Å². The molecule has 25 heavy (non-hydrogen) atoms. The topological polar surface area (TPSA) is 67.4 Å². The van der Waals surface area contributed by atoms with Crippen molar-refractivity contribution in [3.63, 3.8) is 0 Å². The van der Waals surface area contributed by atoms with Crippen molar-refractivity contribution in [1.29, 1.82) is 0 Å². The number of nitrogens with one attached hydrogen (secondary N) is 2. The zero-order valence-electron chi connectivity index (χ0n) is 15.3. The van der Waals surface area contributed by atoms with Gasteiger partial charge < -0.3 is 4.74 Å². The lowest BCUT2D eigenvalue weighted by molar-refractivity contribution is -0.128. The van der Waals surface area contributed by atoms with E-state index in [2.05, 4.69) is 10.9 Å². The minimum atomic E-state index is -0.737. The average molecular weight is 340 g/mol. The second-order valence-corrected chi connectivity index (χ2v) is 6.22. The lowest BCUT2D eigenvalue weighted by atomic mass is 10.1. The van der Waals surface area contributed by atoms with Crippen LogP contribution in [0.1, 0.15) is 39.5 Å². The lowest BCUT2D eigenvalue weighted by Gasteiger charge is -2.17. The Bertz CT molecular complexity index is 800. The largest absolute Gasteiger partial charge is 0.481 e. The molecule has 2 rings (SSSR count). The van der Waals surface area contributed by atoms with Gasteiger partial charge in [-0.25, -0.2) is 0 Å². The minimum Gasteiger partial charge on any atom is -0.481 e. The smallest absolute Gasteiger partial charge is 0.279 e. The van der Waals surface area contributed by atoms with E-state index in [1.807, 2.05) is 58.0 Å². The van der Waals surface area contributed by atoms with Gasteiger partial charge in [0, 0.05) is 5.56 Å². The predicted octanol–water partition coefficient (Wildman–Crippen LogP) is 3.15. The molecule has 0 radical (unpaired) electrons. The molecular formula is C20H24N2O3. The van der Waals surface area contributed by atoms with Gasteiger partial charge in [0.25, 0.3) is 11.8 Å². The van der Waals surface area contributed by atoms with E-state index in [1.54, 1.807) is 13.0 Å². The molecule has 2 aromatic carbocycles. The van der Waals surface area contributed by atoms with Crippen molar-refractivity contribution in [3.05, 3.63) is 64.2 Å². The average Bonchev–Trinajstić information content (AvgIpc) is 2.58. The molecule has 0 bridgehead atoms. The normalized spacial score (nSPS) is 11.6. The van der Waals surface area contributed by atoms with Crippen LogP contribution in [-0.4, -0.2) is 17.9 Å². The van der Waals surface area contributed by atoms with Crippen LogP contribution in [0.5, 0.6) is 5.75 Å². The van der Waals surface area contributed by atoms with E-state index >= 15 is 0 Å². The number of aryl methyl sites for hydroxylation is 3. The first-order valence-electron chi connectivity index (χ1n) is 8.20. The number of carbonyl (C=O) groups excluding carboxylic acids is 2. The molecule has 0 saturated carbocycles. The number of hydrogen-bond acceptors (Lipinski definition) is 3. The van der Waals surface area contributed by atoms with Crippen LogP contribution < -0.4 is 15.6 Å². The highest BCUT2D eigenvalue weighted by Gasteiger charge is 2.17. The Morgan fingerprint density at radius 1 is 0.960 bits per heavy atom. The van der Waals surface area contributed by atoms with Crippen molar-refractivity contribution < 1.29 is 14.3 Å². The summed E-state index contributed by atoms with van der Waals surface area (Å²) in [5, 5.41) is 0. The highest BCUT2D eigenvalue weighted by molar-refractivity contribution is 5.97. The van der Waals surface area contributed by atoms with E-state index in [1.165, 1.54) is 0 Å². The fraction of sp³-hybridized carbons (Fsp3) is 0.300. The highest BCUT2D eigenvalue weighted by atomic mass is 16.5. The van der Waals surface area contributed by atoms with E-state index < -0.39 is 12.0 Å². The molecule has 5 heteroatoms. The molecule has 0 heterocycles. The molecule has 2 amide bonds. The molecule has 0 aliphatic carbocycles. The van der Waals surface area contributed by atoms with Crippen LogP contribution in [0.25, 0.3) is 0 Å². The zero-order valence-corrected chi connectivity index (χ0v) is 15.3. The van der Waals surface area contributed by atoms with Crippen molar-refractivity contribution in [3.8, 4) is 5.75 Å².